The first-order chi connectivity index (χ1) is 12.4. The van der Waals surface area contributed by atoms with Gasteiger partial charge in [-0.2, -0.15) is 0 Å². The van der Waals surface area contributed by atoms with Crippen molar-refractivity contribution in [1.29, 1.82) is 0 Å². The van der Waals surface area contributed by atoms with Gasteiger partial charge >= 0.3 is 0 Å². The molecule has 0 aromatic heterocycles. The summed E-state index contributed by atoms with van der Waals surface area (Å²) in [6, 6.07) is 14.6. The normalized spacial score (nSPS) is 12.6. The molecule has 2 unspecified atom stereocenters. The Labute approximate surface area is 153 Å². The van der Waals surface area contributed by atoms with Crippen LogP contribution in [0.4, 0.5) is 0 Å². The van der Waals surface area contributed by atoms with Crippen LogP contribution >= 0.6 is 0 Å². The summed E-state index contributed by atoms with van der Waals surface area (Å²) < 4.78 is 11.1. The summed E-state index contributed by atoms with van der Waals surface area (Å²) in [4.78, 5) is 24.1. The lowest BCUT2D eigenvalue weighted by Crippen LogP contribution is -2.50. The fourth-order valence-electron chi connectivity index (χ4n) is 2.13. The Hall–Kier alpha value is -3.02. The lowest BCUT2D eigenvalue weighted by Gasteiger charge is -2.18. The van der Waals surface area contributed by atoms with Crippen molar-refractivity contribution in [3.05, 3.63) is 59.7 Å². The Kier molecular flexibility index (Phi) is 6.60. The molecule has 2 aromatic carbocycles. The van der Waals surface area contributed by atoms with Crippen LogP contribution in [0.1, 0.15) is 25.0 Å². The van der Waals surface area contributed by atoms with Gasteiger partial charge in [0.1, 0.15) is 11.5 Å². The fourth-order valence-corrected chi connectivity index (χ4v) is 2.13. The summed E-state index contributed by atoms with van der Waals surface area (Å²) in [5.41, 5.74) is 6.92. The SMILES string of the molecule is Cc1ccc(OC(C)C(=O)NNC(=O)C(C)Oc2ccccc2)cc1C. The van der Waals surface area contributed by atoms with Gasteiger partial charge < -0.3 is 9.47 Å². The third-order valence-corrected chi connectivity index (χ3v) is 3.89. The van der Waals surface area contributed by atoms with E-state index in [1.807, 2.05) is 44.2 Å². The molecule has 6 nitrogen and oxygen atoms in total. The average Bonchev–Trinajstić information content (AvgIpc) is 2.63. The van der Waals surface area contributed by atoms with Gasteiger partial charge in [0.05, 0.1) is 0 Å². The summed E-state index contributed by atoms with van der Waals surface area (Å²) in [5, 5.41) is 0. The number of carbonyl (C=O) groups excluding carboxylic acids is 2. The lowest BCUT2D eigenvalue weighted by atomic mass is 10.1. The van der Waals surface area contributed by atoms with Crippen molar-refractivity contribution < 1.29 is 19.1 Å². The van der Waals surface area contributed by atoms with Crippen LogP contribution in [0.2, 0.25) is 0 Å². The Morgan fingerprint density at radius 1 is 0.769 bits per heavy atom. The van der Waals surface area contributed by atoms with Crippen molar-refractivity contribution in [3.8, 4) is 11.5 Å². The molecule has 0 saturated heterocycles. The minimum atomic E-state index is -0.761. The molecule has 26 heavy (non-hydrogen) atoms. The Balaban J connectivity index is 1.81. The van der Waals surface area contributed by atoms with Crippen LogP contribution in [0.5, 0.6) is 11.5 Å². The maximum absolute atomic E-state index is 12.1. The van der Waals surface area contributed by atoms with Gasteiger partial charge in [-0.25, -0.2) is 0 Å². The molecule has 0 aliphatic rings. The zero-order valence-corrected chi connectivity index (χ0v) is 15.4. The van der Waals surface area contributed by atoms with Crippen LogP contribution in [0.15, 0.2) is 48.5 Å². The van der Waals surface area contributed by atoms with E-state index in [4.69, 9.17) is 9.47 Å². The summed E-state index contributed by atoms with van der Waals surface area (Å²) >= 11 is 0. The van der Waals surface area contributed by atoms with E-state index in [2.05, 4.69) is 10.9 Å². The first kappa shape index (κ1) is 19.3. The Morgan fingerprint density at radius 2 is 1.31 bits per heavy atom. The highest BCUT2D eigenvalue weighted by molar-refractivity contribution is 5.86. The second-order valence-electron chi connectivity index (χ2n) is 6.06. The van der Waals surface area contributed by atoms with Gasteiger partial charge in [-0.05, 0) is 63.1 Å². The number of hydrazine groups is 1. The number of aryl methyl sites for hydroxylation is 2. The predicted octanol–water partition coefficient (Wildman–Crippen LogP) is 2.69. The molecule has 0 aliphatic heterocycles. The third kappa shape index (κ3) is 5.51. The van der Waals surface area contributed by atoms with Gasteiger partial charge in [-0.3, -0.25) is 20.4 Å². The maximum Gasteiger partial charge on any atom is 0.279 e. The predicted molar refractivity (Wildman–Crippen MR) is 98.8 cm³/mol. The van der Waals surface area contributed by atoms with E-state index in [1.165, 1.54) is 0 Å². The van der Waals surface area contributed by atoms with E-state index in [-0.39, 0.29) is 0 Å². The molecule has 0 spiro atoms. The molecule has 6 heteroatoms. The molecule has 2 N–H and O–H groups in total. The van der Waals surface area contributed by atoms with E-state index < -0.39 is 24.0 Å². The molecular formula is C20H24N2O4. The number of hydrogen-bond donors (Lipinski definition) is 2. The molecule has 138 valence electrons. The number of para-hydroxylation sites is 1. The molecule has 2 aromatic rings. The smallest absolute Gasteiger partial charge is 0.279 e. The van der Waals surface area contributed by atoms with Crippen LogP contribution in [-0.2, 0) is 9.59 Å². The zero-order valence-electron chi connectivity index (χ0n) is 15.4. The highest BCUT2D eigenvalue weighted by Crippen LogP contribution is 2.17. The molecule has 0 radical (unpaired) electrons. The molecule has 0 aliphatic carbocycles. The van der Waals surface area contributed by atoms with Crippen LogP contribution in [0, 0.1) is 13.8 Å². The topological polar surface area (TPSA) is 76.7 Å². The summed E-state index contributed by atoms with van der Waals surface area (Å²) in [7, 11) is 0. The van der Waals surface area contributed by atoms with Crippen molar-refractivity contribution in [2.45, 2.75) is 39.9 Å². The monoisotopic (exact) mass is 356 g/mol. The molecule has 2 amide bonds. The molecule has 0 fully saturated rings. The van der Waals surface area contributed by atoms with Crippen LogP contribution in [0.25, 0.3) is 0 Å². The number of carbonyl (C=O) groups is 2. The Bertz CT molecular complexity index is 762. The molecule has 2 atom stereocenters. The number of amides is 2. The van der Waals surface area contributed by atoms with Crippen molar-refractivity contribution in [2.75, 3.05) is 0 Å². The van der Waals surface area contributed by atoms with Gasteiger partial charge in [-0.1, -0.05) is 24.3 Å². The molecule has 2 rings (SSSR count). The summed E-state index contributed by atoms with van der Waals surface area (Å²) in [5.74, 6) is 0.264. The van der Waals surface area contributed by atoms with E-state index in [1.54, 1.807) is 32.0 Å². The van der Waals surface area contributed by atoms with E-state index in [9.17, 15) is 9.59 Å². The number of rotatable bonds is 6. The van der Waals surface area contributed by atoms with Gasteiger partial charge in [0.25, 0.3) is 11.8 Å². The van der Waals surface area contributed by atoms with Gasteiger partial charge in [0.2, 0.25) is 0 Å². The van der Waals surface area contributed by atoms with Crippen molar-refractivity contribution >= 4 is 11.8 Å². The van der Waals surface area contributed by atoms with E-state index in [0.717, 1.165) is 11.1 Å². The van der Waals surface area contributed by atoms with Crippen molar-refractivity contribution in [1.82, 2.24) is 10.9 Å². The lowest BCUT2D eigenvalue weighted by molar-refractivity contribution is -0.135. The summed E-state index contributed by atoms with van der Waals surface area (Å²) in [6.07, 6.45) is -1.52. The fraction of sp³-hybridized carbons (Fsp3) is 0.300. The molecule has 0 bridgehead atoms. The summed E-state index contributed by atoms with van der Waals surface area (Å²) in [6.45, 7) is 7.19. The standard InChI is InChI=1S/C20H24N2O4/c1-13-10-11-18(12-14(13)2)26-16(4)20(24)22-21-19(23)15(3)25-17-8-6-5-7-9-17/h5-12,15-16H,1-4H3,(H,21,23)(H,22,24). The average molecular weight is 356 g/mol. The maximum atomic E-state index is 12.1. The van der Waals surface area contributed by atoms with Crippen molar-refractivity contribution in [2.24, 2.45) is 0 Å². The van der Waals surface area contributed by atoms with E-state index >= 15 is 0 Å². The molecule has 0 saturated carbocycles. The zero-order chi connectivity index (χ0) is 19.1. The van der Waals surface area contributed by atoms with Gasteiger partial charge in [-0.15, -0.1) is 0 Å². The number of ether oxygens (including phenoxy) is 2. The first-order valence-corrected chi connectivity index (χ1v) is 8.42. The molecule has 0 heterocycles. The number of nitrogens with one attached hydrogen (secondary N) is 2. The molecular weight excluding hydrogens is 332 g/mol. The minimum Gasteiger partial charge on any atom is -0.481 e. The van der Waals surface area contributed by atoms with Crippen LogP contribution in [0.3, 0.4) is 0 Å². The quantitative estimate of drug-likeness (QED) is 0.780. The number of hydrogen-bond acceptors (Lipinski definition) is 4. The van der Waals surface area contributed by atoms with E-state index in [0.29, 0.717) is 11.5 Å². The second-order valence-corrected chi connectivity index (χ2v) is 6.06. The van der Waals surface area contributed by atoms with Crippen LogP contribution in [-0.4, -0.2) is 24.0 Å². The van der Waals surface area contributed by atoms with Crippen molar-refractivity contribution in [3.63, 3.8) is 0 Å². The largest absolute Gasteiger partial charge is 0.481 e. The number of benzene rings is 2. The third-order valence-electron chi connectivity index (χ3n) is 3.89. The Morgan fingerprint density at radius 3 is 1.85 bits per heavy atom. The highest BCUT2D eigenvalue weighted by atomic mass is 16.5. The van der Waals surface area contributed by atoms with Crippen LogP contribution < -0.4 is 20.3 Å². The first-order valence-electron chi connectivity index (χ1n) is 8.42. The minimum absolute atomic E-state index is 0.455. The van der Waals surface area contributed by atoms with Gasteiger partial charge in [0.15, 0.2) is 12.2 Å². The second kappa shape index (κ2) is 8.89. The highest BCUT2D eigenvalue weighted by Gasteiger charge is 2.19. The van der Waals surface area contributed by atoms with Gasteiger partial charge in [0, 0.05) is 0 Å².